The normalized spacial score (nSPS) is 18.9. The first-order valence-corrected chi connectivity index (χ1v) is 7.30. The van der Waals surface area contributed by atoms with Crippen LogP contribution in [0.3, 0.4) is 0 Å². The van der Waals surface area contributed by atoms with Gasteiger partial charge in [-0.2, -0.15) is 0 Å². The number of carbonyl (C=O) groups excluding carboxylic acids is 2. The van der Waals surface area contributed by atoms with Gasteiger partial charge in [0.05, 0.1) is 12.2 Å². The van der Waals surface area contributed by atoms with Crippen molar-refractivity contribution in [3.8, 4) is 0 Å². The monoisotopic (exact) mass is 289 g/mol. The maximum atomic E-state index is 12.3. The first-order chi connectivity index (χ1) is 9.71. The molecule has 1 fully saturated rings. The first-order valence-electron chi connectivity index (χ1n) is 7.30. The highest BCUT2D eigenvalue weighted by Crippen LogP contribution is 2.68. The van der Waals surface area contributed by atoms with Gasteiger partial charge in [-0.3, -0.25) is 4.79 Å². The summed E-state index contributed by atoms with van der Waals surface area (Å²) in [6.07, 6.45) is 0. The molecule has 1 aromatic carbocycles. The summed E-state index contributed by atoms with van der Waals surface area (Å²) in [4.78, 5) is 23.9. The van der Waals surface area contributed by atoms with Gasteiger partial charge in [-0.05, 0) is 42.0 Å². The molecule has 0 unspecified atom stereocenters. The summed E-state index contributed by atoms with van der Waals surface area (Å²) in [6.45, 7) is 10.6. The van der Waals surface area contributed by atoms with Crippen molar-refractivity contribution in [1.82, 2.24) is 0 Å². The fraction of sp³-hybridized carbons (Fsp3) is 0.529. The molecule has 1 aromatic rings. The maximum Gasteiger partial charge on any atom is 0.338 e. The third-order valence-corrected chi connectivity index (χ3v) is 4.95. The van der Waals surface area contributed by atoms with Gasteiger partial charge in [0, 0.05) is 11.6 Å². The van der Waals surface area contributed by atoms with E-state index in [-0.39, 0.29) is 28.6 Å². The molecule has 1 N–H and O–H groups in total. The van der Waals surface area contributed by atoms with Crippen LogP contribution in [0.4, 0.5) is 5.69 Å². The molecule has 0 saturated heterocycles. The Bertz CT molecular complexity index is 544. The van der Waals surface area contributed by atoms with Crippen LogP contribution < -0.4 is 5.32 Å². The van der Waals surface area contributed by atoms with E-state index in [0.717, 1.165) is 0 Å². The van der Waals surface area contributed by atoms with Crippen molar-refractivity contribution < 1.29 is 14.3 Å². The topological polar surface area (TPSA) is 55.4 Å². The lowest BCUT2D eigenvalue weighted by Crippen LogP contribution is -2.17. The van der Waals surface area contributed by atoms with Crippen LogP contribution in [0.5, 0.6) is 0 Å². The predicted molar refractivity (Wildman–Crippen MR) is 82.1 cm³/mol. The number of hydrogen-bond acceptors (Lipinski definition) is 3. The average molecular weight is 289 g/mol. The van der Waals surface area contributed by atoms with E-state index >= 15 is 0 Å². The summed E-state index contributed by atoms with van der Waals surface area (Å²) < 4.78 is 4.93. The predicted octanol–water partition coefficient (Wildman–Crippen LogP) is 3.48. The molecule has 0 atom stereocenters. The van der Waals surface area contributed by atoms with Crippen LogP contribution in [0.15, 0.2) is 24.3 Å². The van der Waals surface area contributed by atoms with E-state index in [1.54, 1.807) is 31.2 Å². The second-order valence-corrected chi connectivity index (χ2v) is 6.66. The second kappa shape index (κ2) is 5.17. The Hall–Kier alpha value is -1.84. The number of carbonyl (C=O) groups is 2. The van der Waals surface area contributed by atoms with Crippen LogP contribution in [-0.4, -0.2) is 18.5 Å². The number of nitrogens with one attached hydrogen (secondary N) is 1. The molecule has 4 heteroatoms. The number of hydrogen-bond donors (Lipinski definition) is 1. The quantitative estimate of drug-likeness (QED) is 0.863. The molecule has 1 aliphatic rings. The molecule has 1 aliphatic carbocycles. The van der Waals surface area contributed by atoms with Crippen molar-refractivity contribution >= 4 is 17.6 Å². The Labute approximate surface area is 125 Å². The Morgan fingerprint density at radius 1 is 1.10 bits per heavy atom. The highest BCUT2D eigenvalue weighted by atomic mass is 16.5. The van der Waals surface area contributed by atoms with E-state index in [9.17, 15) is 9.59 Å². The van der Waals surface area contributed by atoms with Crippen molar-refractivity contribution in [3.05, 3.63) is 29.8 Å². The zero-order valence-corrected chi connectivity index (χ0v) is 13.3. The van der Waals surface area contributed by atoms with Gasteiger partial charge in [0.25, 0.3) is 0 Å². The number of amides is 1. The molecule has 4 nitrogen and oxygen atoms in total. The molecule has 0 aromatic heterocycles. The number of rotatable bonds is 4. The highest BCUT2D eigenvalue weighted by Gasteiger charge is 2.68. The van der Waals surface area contributed by atoms with Crippen LogP contribution in [0.2, 0.25) is 0 Å². The Morgan fingerprint density at radius 2 is 1.62 bits per heavy atom. The van der Waals surface area contributed by atoms with E-state index in [1.807, 2.05) is 0 Å². The Morgan fingerprint density at radius 3 is 2.05 bits per heavy atom. The van der Waals surface area contributed by atoms with E-state index in [2.05, 4.69) is 33.0 Å². The van der Waals surface area contributed by atoms with E-state index in [4.69, 9.17) is 4.74 Å². The third kappa shape index (κ3) is 2.67. The fourth-order valence-corrected chi connectivity index (χ4v) is 2.97. The number of benzene rings is 1. The molecular formula is C17H23NO3. The lowest BCUT2D eigenvalue weighted by molar-refractivity contribution is -0.118. The molecule has 0 heterocycles. The van der Waals surface area contributed by atoms with Gasteiger partial charge < -0.3 is 10.1 Å². The molecule has 0 spiro atoms. The summed E-state index contributed by atoms with van der Waals surface area (Å²) in [5, 5.41) is 2.92. The van der Waals surface area contributed by atoms with Gasteiger partial charge in [-0.15, -0.1) is 0 Å². The minimum absolute atomic E-state index is 0.00901. The largest absolute Gasteiger partial charge is 0.462 e. The number of ether oxygens (including phenoxy) is 1. The van der Waals surface area contributed by atoms with E-state index in [0.29, 0.717) is 17.9 Å². The maximum absolute atomic E-state index is 12.3. The highest BCUT2D eigenvalue weighted by molar-refractivity contribution is 5.96. The molecule has 0 radical (unpaired) electrons. The second-order valence-electron chi connectivity index (χ2n) is 6.66. The molecular weight excluding hydrogens is 266 g/mol. The van der Waals surface area contributed by atoms with Crippen LogP contribution >= 0.6 is 0 Å². The number of anilines is 1. The summed E-state index contributed by atoms with van der Waals surface area (Å²) in [5.41, 5.74) is 1.22. The molecule has 0 bridgehead atoms. The minimum atomic E-state index is -0.347. The van der Waals surface area contributed by atoms with E-state index in [1.165, 1.54) is 0 Å². The summed E-state index contributed by atoms with van der Waals surface area (Å²) in [7, 11) is 0. The zero-order valence-electron chi connectivity index (χ0n) is 13.3. The first kappa shape index (κ1) is 15.5. The average Bonchev–Trinajstić information content (AvgIpc) is 2.80. The standard InChI is InChI=1S/C17H23NO3/c1-6-21-15(20)11-7-9-12(10-8-11)18-14(19)13-16(2,3)17(13,4)5/h7-10,13H,6H2,1-5H3,(H,18,19). The van der Waals surface area contributed by atoms with Crippen molar-refractivity contribution in [2.75, 3.05) is 11.9 Å². The summed E-state index contributed by atoms with van der Waals surface area (Å²) >= 11 is 0. The lowest BCUT2D eigenvalue weighted by Gasteiger charge is -2.07. The van der Waals surface area contributed by atoms with Crippen molar-refractivity contribution in [2.24, 2.45) is 16.7 Å². The summed E-state index contributed by atoms with van der Waals surface area (Å²) in [5.74, 6) is -0.302. The SMILES string of the molecule is CCOC(=O)c1ccc(NC(=O)C2C(C)(C)C2(C)C)cc1. The van der Waals surface area contributed by atoms with E-state index < -0.39 is 0 Å². The van der Waals surface area contributed by atoms with Crippen molar-refractivity contribution in [2.45, 2.75) is 34.6 Å². The van der Waals surface area contributed by atoms with Crippen molar-refractivity contribution in [1.29, 1.82) is 0 Å². The lowest BCUT2D eigenvalue weighted by atomic mass is 10.0. The smallest absolute Gasteiger partial charge is 0.338 e. The van der Waals surface area contributed by atoms with Crippen LogP contribution in [0.25, 0.3) is 0 Å². The Balaban J connectivity index is 2.02. The van der Waals surface area contributed by atoms with Crippen LogP contribution in [0.1, 0.15) is 45.0 Å². The van der Waals surface area contributed by atoms with Gasteiger partial charge >= 0.3 is 5.97 Å². The number of esters is 1. The fourth-order valence-electron chi connectivity index (χ4n) is 2.97. The molecule has 114 valence electrons. The molecule has 1 saturated carbocycles. The molecule has 21 heavy (non-hydrogen) atoms. The van der Waals surface area contributed by atoms with Gasteiger partial charge in [-0.1, -0.05) is 27.7 Å². The van der Waals surface area contributed by atoms with Crippen molar-refractivity contribution in [3.63, 3.8) is 0 Å². The summed E-state index contributed by atoms with van der Waals surface area (Å²) in [6, 6.07) is 6.78. The van der Waals surface area contributed by atoms with Gasteiger partial charge in [0.1, 0.15) is 0 Å². The molecule has 0 aliphatic heterocycles. The Kier molecular flexibility index (Phi) is 3.83. The van der Waals surface area contributed by atoms with Gasteiger partial charge in [0.15, 0.2) is 0 Å². The molecule has 2 rings (SSSR count). The molecule has 1 amide bonds. The minimum Gasteiger partial charge on any atom is -0.462 e. The van der Waals surface area contributed by atoms with Gasteiger partial charge in [0.2, 0.25) is 5.91 Å². The van der Waals surface area contributed by atoms with Crippen LogP contribution in [0, 0.1) is 16.7 Å². The van der Waals surface area contributed by atoms with Crippen LogP contribution in [-0.2, 0) is 9.53 Å². The third-order valence-electron chi connectivity index (χ3n) is 4.95. The zero-order chi connectivity index (χ0) is 15.8. The van der Waals surface area contributed by atoms with Gasteiger partial charge in [-0.25, -0.2) is 4.79 Å².